The molecule has 124 valence electrons. The molecule has 0 unspecified atom stereocenters. The second-order valence-corrected chi connectivity index (χ2v) is 5.99. The summed E-state index contributed by atoms with van der Waals surface area (Å²) < 4.78 is 5.84. The van der Waals surface area contributed by atoms with Crippen LogP contribution in [0, 0.1) is 12.8 Å². The van der Waals surface area contributed by atoms with E-state index in [1.54, 1.807) is 0 Å². The summed E-state index contributed by atoms with van der Waals surface area (Å²) in [4.78, 5) is 12.3. The quantitative estimate of drug-likeness (QED) is 0.692. The van der Waals surface area contributed by atoms with Crippen molar-refractivity contribution in [2.75, 3.05) is 6.54 Å². The molecule has 0 fully saturated rings. The number of carbonyl (C=O) groups excluding carboxylic acids is 1. The zero-order valence-corrected chi connectivity index (χ0v) is 14.5. The van der Waals surface area contributed by atoms with Crippen molar-refractivity contribution in [3.8, 4) is 5.75 Å². The molecule has 0 bridgehead atoms. The minimum absolute atomic E-state index is 0.000968. The SMILES string of the molecule is CCCC[C@H](CC)CNC(=O)[C@@H](CC)Oc1cccc(C)c1. The molecule has 3 nitrogen and oxygen atoms in total. The van der Waals surface area contributed by atoms with Gasteiger partial charge in [-0.1, -0.05) is 52.2 Å². The van der Waals surface area contributed by atoms with E-state index in [-0.39, 0.29) is 5.91 Å². The molecule has 1 aromatic carbocycles. The fraction of sp³-hybridized carbons (Fsp3) is 0.632. The predicted octanol–water partition coefficient (Wildman–Crippen LogP) is 4.49. The Kier molecular flexibility index (Phi) is 8.64. The van der Waals surface area contributed by atoms with Crippen LogP contribution in [0.15, 0.2) is 24.3 Å². The molecule has 0 aliphatic heterocycles. The van der Waals surface area contributed by atoms with E-state index in [1.807, 2.05) is 38.1 Å². The van der Waals surface area contributed by atoms with E-state index >= 15 is 0 Å². The van der Waals surface area contributed by atoms with Gasteiger partial charge < -0.3 is 10.1 Å². The Morgan fingerprint density at radius 2 is 2.00 bits per heavy atom. The van der Waals surface area contributed by atoms with E-state index in [9.17, 15) is 4.79 Å². The predicted molar refractivity (Wildman–Crippen MR) is 92.2 cm³/mol. The fourth-order valence-corrected chi connectivity index (χ4v) is 2.48. The van der Waals surface area contributed by atoms with Crippen molar-refractivity contribution in [1.82, 2.24) is 5.32 Å². The highest BCUT2D eigenvalue weighted by atomic mass is 16.5. The molecule has 0 saturated heterocycles. The summed E-state index contributed by atoms with van der Waals surface area (Å²) in [5.74, 6) is 1.33. The van der Waals surface area contributed by atoms with Crippen molar-refractivity contribution in [2.45, 2.75) is 65.9 Å². The minimum atomic E-state index is -0.412. The van der Waals surface area contributed by atoms with Crippen molar-refractivity contribution >= 4 is 5.91 Å². The third-order valence-corrected chi connectivity index (χ3v) is 4.04. The Morgan fingerprint density at radius 3 is 2.59 bits per heavy atom. The van der Waals surface area contributed by atoms with Gasteiger partial charge in [-0.25, -0.2) is 0 Å². The number of aryl methyl sites for hydroxylation is 1. The summed E-state index contributed by atoms with van der Waals surface area (Å²) in [5, 5.41) is 3.06. The van der Waals surface area contributed by atoms with Crippen LogP contribution in [-0.2, 0) is 4.79 Å². The zero-order valence-electron chi connectivity index (χ0n) is 14.5. The first-order chi connectivity index (χ1) is 10.6. The molecular weight excluding hydrogens is 274 g/mol. The highest BCUT2D eigenvalue weighted by molar-refractivity contribution is 5.81. The number of hydrogen-bond donors (Lipinski definition) is 1. The van der Waals surface area contributed by atoms with E-state index in [2.05, 4.69) is 19.2 Å². The van der Waals surface area contributed by atoms with E-state index < -0.39 is 6.10 Å². The molecule has 1 aromatic rings. The van der Waals surface area contributed by atoms with Gasteiger partial charge in [0.05, 0.1) is 0 Å². The molecular formula is C19H31NO2. The summed E-state index contributed by atoms with van der Waals surface area (Å²) in [7, 11) is 0. The maximum absolute atomic E-state index is 12.3. The zero-order chi connectivity index (χ0) is 16.4. The lowest BCUT2D eigenvalue weighted by molar-refractivity contribution is -0.128. The van der Waals surface area contributed by atoms with Gasteiger partial charge in [0, 0.05) is 6.54 Å². The second-order valence-electron chi connectivity index (χ2n) is 5.99. The van der Waals surface area contributed by atoms with Gasteiger partial charge in [-0.05, 0) is 43.4 Å². The van der Waals surface area contributed by atoms with E-state index in [1.165, 1.54) is 19.3 Å². The van der Waals surface area contributed by atoms with Crippen LogP contribution in [0.4, 0.5) is 0 Å². The van der Waals surface area contributed by atoms with Crippen LogP contribution in [-0.4, -0.2) is 18.6 Å². The first kappa shape index (κ1) is 18.5. The third kappa shape index (κ3) is 6.50. The molecule has 0 aliphatic carbocycles. The Labute approximate surface area is 135 Å². The van der Waals surface area contributed by atoms with Crippen LogP contribution >= 0.6 is 0 Å². The van der Waals surface area contributed by atoms with Crippen molar-refractivity contribution in [3.63, 3.8) is 0 Å². The Hall–Kier alpha value is -1.51. The van der Waals surface area contributed by atoms with Crippen molar-refractivity contribution < 1.29 is 9.53 Å². The van der Waals surface area contributed by atoms with Gasteiger partial charge in [-0.15, -0.1) is 0 Å². The molecule has 0 saturated carbocycles. The number of nitrogens with one attached hydrogen (secondary N) is 1. The summed E-state index contributed by atoms with van der Waals surface area (Å²) in [6.07, 6.45) is 4.99. The van der Waals surface area contributed by atoms with Gasteiger partial charge in [0.2, 0.25) is 0 Å². The molecule has 1 N–H and O–H groups in total. The van der Waals surface area contributed by atoms with Gasteiger partial charge in [0.25, 0.3) is 5.91 Å². The first-order valence-electron chi connectivity index (χ1n) is 8.61. The molecule has 1 amide bonds. The van der Waals surface area contributed by atoms with Gasteiger partial charge in [-0.2, -0.15) is 0 Å². The number of ether oxygens (including phenoxy) is 1. The molecule has 1 rings (SSSR count). The number of unbranched alkanes of at least 4 members (excludes halogenated alkanes) is 1. The molecule has 0 aliphatic rings. The van der Waals surface area contributed by atoms with Gasteiger partial charge in [-0.3, -0.25) is 4.79 Å². The Bertz CT molecular complexity index is 445. The molecule has 0 radical (unpaired) electrons. The largest absolute Gasteiger partial charge is 0.481 e. The third-order valence-electron chi connectivity index (χ3n) is 4.04. The fourth-order valence-electron chi connectivity index (χ4n) is 2.48. The highest BCUT2D eigenvalue weighted by Gasteiger charge is 2.19. The topological polar surface area (TPSA) is 38.3 Å². The Morgan fingerprint density at radius 1 is 1.23 bits per heavy atom. The van der Waals surface area contributed by atoms with Crippen molar-refractivity contribution in [1.29, 1.82) is 0 Å². The lowest BCUT2D eigenvalue weighted by Gasteiger charge is -2.20. The van der Waals surface area contributed by atoms with E-state index in [0.29, 0.717) is 12.3 Å². The van der Waals surface area contributed by atoms with Crippen LogP contribution in [0.2, 0.25) is 0 Å². The average Bonchev–Trinajstić information content (AvgIpc) is 2.52. The normalized spacial score (nSPS) is 13.5. The lowest BCUT2D eigenvalue weighted by Crippen LogP contribution is -2.40. The van der Waals surface area contributed by atoms with Crippen molar-refractivity contribution in [2.24, 2.45) is 5.92 Å². The van der Waals surface area contributed by atoms with Crippen LogP contribution < -0.4 is 10.1 Å². The maximum Gasteiger partial charge on any atom is 0.261 e. The summed E-state index contributed by atoms with van der Waals surface area (Å²) >= 11 is 0. The summed E-state index contributed by atoms with van der Waals surface area (Å²) in [6.45, 7) is 9.14. The monoisotopic (exact) mass is 305 g/mol. The van der Waals surface area contributed by atoms with E-state index in [0.717, 1.165) is 24.3 Å². The molecule has 0 aromatic heterocycles. The van der Waals surface area contributed by atoms with Crippen LogP contribution in [0.3, 0.4) is 0 Å². The first-order valence-corrected chi connectivity index (χ1v) is 8.61. The van der Waals surface area contributed by atoms with Crippen LogP contribution in [0.1, 0.15) is 58.4 Å². The number of amides is 1. The minimum Gasteiger partial charge on any atom is -0.481 e. The standard InChI is InChI=1S/C19H31NO2/c1-5-8-11-16(6-2)14-20-19(21)18(7-3)22-17-12-9-10-15(4)13-17/h9-10,12-13,16,18H,5-8,11,14H2,1-4H3,(H,20,21)/t16-,18+/m0/s1. The highest BCUT2D eigenvalue weighted by Crippen LogP contribution is 2.16. The Balaban J connectivity index is 2.50. The van der Waals surface area contributed by atoms with E-state index in [4.69, 9.17) is 4.74 Å². The summed E-state index contributed by atoms with van der Waals surface area (Å²) in [5.41, 5.74) is 1.14. The number of rotatable bonds is 10. The van der Waals surface area contributed by atoms with Crippen LogP contribution in [0.5, 0.6) is 5.75 Å². The van der Waals surface area contributed by atoms with Gasteiger partial charge >= 0.3 is 0 Å². The molecule has 2 atom stereocenters. The maximum atomic E-state index is 12.3. The molecule has 0 spiro atoms. The van der Waals surface area contributed by atoms with Crippen LogP contribution in [0.25, 0.3) is 0 Å². The number of hydrogen-bond acceptors (Lipinski definition) is 2. The molecule has 0 heterocycles. The van der Waals surface area contributed by atoms with Crippen molar-refractivity contribution in [3.05, 3.63) is 29.8 Å². The molecule has 22 heavy (non-hydrogen) atoms. The lowest BCUT2D eigenvalue weighted by atomic mass is 9.99. The average molecular weight is 305 g/mol. The van der Waals surface area contributed by atoms with Gasteiger partial charge in [0.15, 0.2) is 6.10 Å². The molecule has 3 heteroatoms. The number of benzene rings is 1. The smallest absolute Gasteiger partial charge is 0.261 e. The second kappa shape index (κ2) is 10.3. The number of carbonyl (C=O) groups is 1. The summed E-state index contributed by atoms with van der Waals surface area (Å²) in [6, 6.07) is 7.84. The van der Waals surface area contributed by atoms with Gasteiger partial charge in [0.1, 0.15) is 5.75 Å².